The average Bonchev–Trinajstić information content (AvgIpc) is 2.86. The molecule has 84 valence electrons. The lowest BCUT2D eigenvalue weighted by molar-refractivity contribution is 0.0644. The molecule has 1 aliphatic heterocycles. The van der Waals surface area contributed by atoms with Crippen LogP contribution in [0.5, 0.6) is 0 Å². The quantitative estimate of drug-likeness (QED) is 0.594. The van der Waals surface area contributed by atoms with Gasteiger partial charge < -0.3 is 15.2 Å². The fourth-order valence-electron chi connectivity index (χ4n) is 1.27. The molecule has 0 radical (unpaired) electrons. The summed E-state index contributed by atoms with van der Waals surface area (Å²) in [7, 11) is -0.840. The molecular formula is C9H8N2O4S. The summed E-state index contributed by atoms with van der Waals surface area (Å²) >= 11 is 0. The Kier molecular flexibility index (Phi) is 2.53. The fraction of sp³-hybridized carbons (Fsp3) is 0. The van der Waals surface area contributed by atoms with Crippen LogP contribution in [0, 0.1) is 0 Å². The number of nitrogens with one attached hydrogen (secondary N) is 1. The van der Waals surface area contributed by atoms with E-state index in [1.165, 1.54) is 0 Å². The lowest BCUT2D eigenvalue weighted by atomic mass is 10.3. The van der Waals surface area contributed by atoms with Crippen molar-refractivity contribution in [2.24, 2.45) is 0 Å². The molecule has 2 rings (SSSR count). The number of allylic oxidation sites excluding steroid dienone is 2. The van der Waals surface area contributed by atoms with Crippen molar-refractivity contribution in [2.75, 3.05) is 0 Å². The fourth-order valence-corrected chi connectivity index (χ4v) is 2.68. The minimum Gasteiger partial charge on any atom is -0.477 e. The van der Waals surface area contributed by atoms with Crippen molar-refractivity contribution >= 4 is 22.8 Å². The number of carbonyl (C=O) groups is 2. The van der Waals surface area contributed by atoms with E-state index in [9.17, 15) is 9.59 Å². The number of carboxylic acid groups (broad SMARTS) is 2. The maximum Gasteiger partial charge on any atom is 0.357 e. The van der Waals surface area contributed by atoms with E-state index in [-0.39, 0.29) is 5.69 Å². The highest BCUT2D eigenvalue weighted by molar-refractivity contribution is 8.22. The van der Waals surface area contributed by atoms with Gasteiger partial charge in [0.05, 0.1) is 0 Å². The number of imidazole rings is 1. The van der Waals surface area contributed by atoms with Crippen LogP contribution < -0.4 is 0 Å². The Morgan fingerprint density at radius 3 is 2.25 bits per heavy atom. The van der Waals surface area contributed by atoms with Crippen LogP contribution in [-0.2, 0) is 0 Å². The SMILES string of the molecule is O=C(O)c1nc([SH]2C=CC=C2)[nH]c1C(=O)O. The first-order valence-corrected chi connectivity index (χ1v) is 5.77. The van der Waals surface area contributed by atoms with Crippen LogP contribution >= 0.6 is 10.9 Å². The van der Waals surface area contributed by atoms with Crippen molar-refractivity contribution in [1.29, 1.82) is 0 Å². The number of thiol groups is 1. The lowest BCUT2D eigenvalue weighted by Gasteiger charge is -2.03. The van der Waals surface area contributed by atoms with Gasteiger partial charge in [-0.3, -0.25) is 0 Å². The van der Waals surface area contributed by atoms with Gasteiger partial charge in [0.25, 0.3) is 0 Å². The summed E-state index contributed by atoms with van der Waals surface area (Å²) in [6.07, 6.45) is 3.63. The number of hydrogen-bond donors (Lipinski definition) is 4. The Morgan fingerprint density at radius 1 is 1.19 bits per heavy atom. The Balaban J connectivity index is 2.46. The van der Waals surface area contributed by atoms with Gasteiger partial charge in [-0.2, -0.15) is 10.9 Å². The van der Waals surface area contributed by atoms with Crippen LogP contribution in [0.3, 0.4) is 0 Å². The zero-order chi connectivity index (χ0) is 11.7. The van der Waals surface area contributed by atoms with Crippen LogP contribution in [0.1, 0.15) is 21.0 Å². The summed E-state index contributed by atoms with van der Waals surface area (Å²) in [5.74, 6) is -2.67. The molecule has 0 saturated heterocycles. The molecule has 7 heteroatoms. The number of H-pyrrole nitrogens is 1. The zero-order valence-corrected chi connectivity index (χ0v) is 8.81. The molecule has 6 nitrogen and oxygen atoms in total. The van der Waals surface area contributed by atoms with Crippen molar-refractivity contribution in [3.05, 3.63) is 34.4 Å². The standard InChI is InChI=1S/C9H8N2O4S/c12-7(13)5-6(8(14)15)11-9(10-5)16-3-1-2-4-16/h1-4,16H,(H,10,11)(H,12,13)(H,14,15). The van der Waals surface area contributed by atoms with Gasteiger partial charge in [-0.05, 0) is 10.8 Å². The van der Waals surface area contributed by atoms with Gasteiger partial charge in [-0.1, -0.05) is 12.2 Å². The molecule has 0 fully saturated rings. The largest absolute Gasteiger partial charge is 0.477 e. The van der Waals surface area contributed by atoms with E-state index in [0.717, 1.165) is 0 Å². The van der Waals surface area contributed by atoms with Crippen molar-refractivity contribution in [3.8, 4) is 0 Å². The number of aromatic nitrogens is 2. The van der Waals surface area contributed by atoms with Gasteiger partial charge in [-0.15, -0.1) is 0 Å². The summed E-state index contributed by atoms with van der Waals surface area (Å²) in [6.45, 7) is 0. The van der Waals surface area contributed by atoms with E-state index >= 15 is 0 Å². The van der Waals surface area contributed by atoms with Gasteiger partial charge in [0, 0.05) is 0 Å². The van der Waals surface area contributed by atoms with Crippen LogP contribution in [0.25, 0.3) is 0 Å². The van der Waals surface area contributed by atoms with Crippen molar-refractivity contribution < 1.29 is 19.8 Å². The normalized spacial score (nSPS) is 15.6. The first-order valence-electron chi connectivity index (χ1n) is 4.29. The summed E-state index contributed by atoms with van der Waals surface area (Å²) in [4.78, 5) is 27.9. The summed E-state index contributed by atoms with van der Waals surface area (Å²) in [5, 5.41) is 21.7. The first-order chi connectivity index (χ1) is 7.59. The lowest BCUT2D eigenvalue weighted by Crippen LogP contribution is -2.07. The number of rotatable bonds is 3. The van der Waals surface area contributed by atoms with Crippen LogP contribution in [-0.4, -0.2) is 32.1 Å². The third-order valence-corrected chi connectivity index (χ3v) is 3.64. The van der Waals surface area contributed by atoms with Crippen LogP contribution in [0.4, 0.5) is 0 Å². The number of nitrogens with zero attached hydrogens (tertiary/aromatic N) is 1. The predicted octanol–water partition coefficient (Wildman–Crippen LogP) is 1.21. The molecule has 16 heavy (non-hydrogen) atoms. The summed E-state index contributed by atoms with van der Waals surface area (Å²) in [5.41, 5.74) is -0.822. The highest BCUT2D eigenvalue weighted by Gasteiger charge is 2.23. The molecule has 0 unspecified atom stereocenters. The summed E-state index contributed by atoms with van der Waals surface area (Å²) < 4.78 is 0. The maximum absolute atomic E-state index is 10.8. The average molecular weight is 240 g/mol. The van der Waals surface area contributed by atoms with Gasteiger partial charge in [0.1, 0.15) is 0 Å². The van der Waals surface area contributed by atoms with Crippen molar-refractivity contribution in [1.82, 2.24) is 9.97 Å². The summed E-state index contributed by atoms with van der Waals surface area (Å²) in [6, 6.07) is 0. The topological polar surface area (TPSA) is 103 Å². The van der Waals surface area contributed by atoms with E-state index in [2.05, 4.69) is 9.97 Å². The Labute approximate surface area is 92.7 Å². The molecule has 0 amide bonds. The van der Waals surface area contributed by atoms with Gasteiger partial charge in [0.15, 0.2) is 16.5 Å². The van der Waals surface area contributed by atoms with E-state index in [4.69, 9.17) is 10.2 Å². The second-order valence-electron chi connectivity index (χ2n) is 2.98. The highest BCUT2D eigenvalue weighted by Crippen LogP contribution is 2.40. The molecule has 0 aliphatic carbocycles. The van der Waals surface area contributed by atoms with Crippen LogP contribution in [0.15, 0.2) is 28.1 Å². The van der Waals surface area contributed by atoms with E-state index < -0.39 is 28.5 Å². The van der Waals surface area contributed by atoms with E-state index in [0.29, 0.717) is 5.16 Å². The minimum atomic E-state index is -1.35. The second kappa shape index (κ2) is 3.86. The molecule has 0 saturated carbocycles. The van der Waals surface area contributed by atoms with Gasteiger partial charge in [-0.25, -0.2) is 14.6 Å². The van der Waals surface area contributed by atoms with E-state index in [1.54, 1.807) is 0 Å². The Bertz CT molecular complexity index is 474. The number of hydrogen-bond acceptors (Lipinski definition) is 3. The third-order valence-electron chi connectivity index (χ3n) is 1.96. The Morgan fingerprint density at radius 2 is 1.81 bits per heavy atom. The molecule has 3 N–H and O–H groups in total. The first kappa shape index (κ1) is 10.5. The zero-order valence-electron chi connectivity index (χ0n) is 7.91. The van der Waals surface area contributed by atoms with E-state index in [1.807, 2.05) is 23.0 Å². The highest BCUT2D eigenvalue weighted by atomic mass is 32.2. The molecule has 0 spiro atoms. The Hall–Kier alpha value is -2.02. The van der Waals surface area contributed by atoms with Crippen LogP contribution in [0.2, 0.25) is 0 Å². The maximum atomic E-state index is 10.8. The molecule has 1 aromatic rings. The minimum absolute atomic E-state index is 0.376. The van der Waals surface area contributed by atoms with Crippen molar-refractivity contribution in [2.45, 2.75) is 5.16 Å². The van der Waals surface area contributed by atoms with Gasteiger partial charge in [0.2, 0.25) is 0 Å². The molecular weight excluding hydrogens is 232 g/mol. The number of carboxylic acids is 2. The smallest absolute Gasteiger partial charge is 0.357 e. The number of aromatic amines is 1. The molecule has 0 bridgehead atoms. The predicted molar refractivity (Wildman–Crippen MR) is 58.0 cm³/mol. The van der Waals surface area contributed by atoms with Gasteiger partial charge >= 0.3 is 11.9 Å². The third kappa shape index (κ3) is 1.72. The monoisotopic (exact) mass is 240 g/mol. The number of aromatic carboxylic acids is 2. The molecule has 1 aliphatic rings. The molecule has 1 aromatic heterocycles. The second-order valence-corrected chi connectivity index (χ2v) is 4.82. The molecule has 2 heterocycles. The molecule has 0 atom stereocenters. The molecule has 0 aromatic carbocycles. The van der Waals surface area contributed by atoms with Crippen molar-refractivity contribution in [3.63, 3.8) is 0 Å².